The van der Waals surface area contributed by atoms with Gasteiger partial charge < -0.3 is 29.9 Å². The van der Waals surface area contributed by atoms with Gasteiger partial charge in [-0.1, -0.05) is 36.4 Å². The van der Waals surface area contributed by atoms with E-state index in [9.17, 15) is 30.0 Å². The van der Waals surface area contributed by atoms with Crippen LogP contribution in [0.25, 0.3) is 0 Å². The van der Waals surface area contributed by atoms with Crippen molar-refractivity contribution in [3.05, 3.63) is 107 Å². The van der Waals surface area contributed by atoms with Gasteiger partial charge in [0.15, 0.2) is 0 Å². The third kappa shape index (κ3) is 3.87. The lowest BCUT2D eigenvalue weighted by atomic mass is 9.65. The fourth-order valence-corrected chi connectivity index (χ4v) is 5.59. The van der Waals surface area contributed by atoms with Gasteiger partial charge in [0, 0.05) is 35.1 Å². The first-order valence-electron chi connectivity index (χ1n) is 12.0. The average Bonchev–Trinajstić information content (AvgIpc) is 2.88. The molecule has 38 heavy (non-hydrogen) atoms. The Morgan fingerprint density at radius 3 is 1.18 bits per heavy atom. The number of ether oxygens (including phenoxy) is 2. The molecular weight excluding hydrogens is 488 g/mol. The topological polar surface area (TPSA) is 134 Å². The number of esters is 2. The standard InChI is InChI=1S/C30H22O8/c31-17-5-1-15(2-6-17)25-21-11-9-19(33)13-23(21)37-29(35)27(25)28-26(16-3-7-18(32)8-4-16)22-12-10-20(34)14-24(22)38-30(28)36/h1-14,25-28,31-34H/t25-,26-,27-,28-/m0/s1. The van der Waals surface area contributed by atoms with Crippen LogP contribution in [0.2, 0.25) is 0 Å². The van der Waals surface area contributed by atoms with Crippen LogP contribution in [0.4, 0.5) is 0 Å². The Balaban J connectivity index is 1.58. The fraction of sp³-hybridized carbons (Fsp3) is 0.133. The maximum Gasteiger partial charge on any atom is 0.316 e. The molecule has 0 saturated heterocycles. The van der Waals surface area contributed by atoms with Crippen molar-refractivity contribution in [2.75, 3.05) is 0 Å². The van der Waals surface area contributed by atoms with Crippen LogP contribution in [-0.4, -0.2) is 32.4 Å². The third-order valence-corrected chi connectivity index (χ3v) is 7.24. The van der Waals surface area contributed by atoms with Crippen LogP contribution >= 0.6 is 0 Å². The molecule has 0 radical (unpaired) electrons. The number of aromatic hydroxyl groups is 4. The Kier molecular flexibility index (Phi) is 5.45. The molecule has 8 nitrogen and oxygen atoms in total. The minimum Gasteiger partial charge on any atom is -0.508 e. The number of rotatable bonds is 3. The Labute approximate surface area is 217 Å². The van der Waals surface area contributed by atoms with Crippen LogP contribution in [0.3, 0.4) is 0 Å². The van der Waals surface area contributed by atoms with Crippen LogP contribution in [0.5, 0.6) is 34.5 Å². The van der Waals surface area contributed by atoms with E-state index in [1.54, 1.807) is 36.4 Å². The van der Waals surface area contributed by atoms with E-state index in [0.29, 0.717) is 22.3 Å². The smallest absolute Gasteiger partial charge is 0.316 e. The minimum atomic E-state index is -1.05. The summed E-state index contributed by atoms with van der Waals surface area (Å²) < 4.78 is 11.4. The second-order valence-electron chi connectivity index (χ2n) is 9.48. The van der Waals surface area contributed by atoms with E-state index in [4.69, 9.17) is 9.47 Å². The monoisotopic (exact) mass is 510 g/mol. The molecule has 0 saturated carbocycles. The Morgan fingerprint density at radius 1 is 0.474 bits per heavy atom. The Hall–Kier alpha value is -4.98. The first-order valence-corrected chi connectivity index (χ1v) is 12.0. The predicted octanol–water partition coefficient (Wildman–Crippen LogP) is 4.54. The first-order chi connectivity index (χ1) is 18.3. The lowest BCUT2D eigenvalue weighted by molar-refractivity contribution is -0.154. The van der Waals surface area contributed by atoms with Crippen molar-refractivity contribution in [1.29, 1.82) is 0 Å². The van der Waals surface area contributed by atoms with Crippen LogP contribution in [0, 0.1) is 11.8 Å². The molecule has 190 valence electrons. The van der Waals surface area contributed by atoms with E-state index in [2.05, 4.69) is 0 Å². The summed E-state index contributed by atoms with van der Waals surface area (Å²) in [4.78, 5) is 27.4. The van der Waals surface area contributed by atoms with Gasteiger partial charge in [-0.25, -0.2) is 0 Å². The van der Waals surface area contributed by atoms with E-state index < -0.39 is 35.6 Å². The van der Waals surface area contributed by atoms with E-state index >= 15 is 0 Å². The molecule has 8 heteroatoms. The van der Waals surface area contributed by atoms with Gasteiger partial charge in [-0.3, -0.25) is 9.59 Å². The van der Waals surface area contributed by atoms with E-state index in [1.807, 2.05) is 0 Å². The van der Waals surface area contributed by atoms with Gasteiger partial charge in [-0.05, 0) is 47.5 Å². The van der Waals surface area contributed by atoms with Gasteiger partial charge in [-0.2, -0.15) is 0 Å². The summed E-state index contributed by atoms with van der Waals surface area (Å²) in [6, 6.07) is 21.7. The molecule has 0 bridgehead atoms. The largest absolute Gasteiger partial charge is 0.508 e. The molecule has 0 amide bonds. The molecular formula is C30H22O8. The lowest BCUT2D eigenvalue weighted by Crippen LogP contribution is -2.46. The van der Waals surface area contributed by atoms with Gasteiger partial charge in [0.1, 0.15) is 34.5 Å². The molecule has 4 atom stereocenters. The van der Waals surface area contributed by atoms with Crippen LogP contribution in [-0.2, 0) is 9.59 Å². The zero-order chi connectivity index (χ0) is 26.6. The van der Waals surface area contributed by atoms with Crippen LogP contribution < -0.4 is 9.47 Å². The Morgan fingerprint density at radius 2 is 0.816 bits per heavy atom. The van der Waals surface area contributed by atoms with Crippen LogP contribution in [0.1, 0.15) is 34.1 Å². The SMILES string of the molecule is O=C1Oc2cc(O)ccc2[C@H](c2ccc(O)cc2)[C@H]1[C@H]1C(=O)Oc2cc(O)ccc2[C@@H]1c1ccc(O)cc1. The van der Waals surface area contributed by atoms with E-state index in [-0.39, 0.29) is 34.5 Å². The van der Waals surface area contributed by atoms with Gasteiger partial charge in [0.05, 0.1) is 11.8 Å². The Bertz CT molecular complexity index is 1440. The highest BCUT2D eigenvalue weighted by Gasteiger charge is 2.52. The van der Waals surface area contributed by atoms with Gasteiger partial charge in [-0.15, -0.1) is 0 Å². The molecule has 4 N–H and O–H groups in total. The third-order valence-electron chi connectivity index (χ3n) is 7.24. The number of hydrogen-bond acceptors (Lipinski definition) is 8. The maximum atomic E-state index is 13.7. The highest BCUT2D eigenvalue weighted by atomic mass is 16.5. The van der Waals surface area contributed by atoms with E-state index in [1.165, 1.54) is 48.5 Å². The highest BCUT2D eigenvalue weighted by molar-refractivity contribution is 5.90. The van der Waals surface area contributed by atoms with Crippen molar-refractivity contribution in [3.8, 4) is 34.5 Å². The van der Waals surface area contributed by atoms with Crippen LogP contribution in [0.15, 0.2) is 84.9 Å². The molecule has 4 aromatic rings. The quantitative estimate of drug-likeness (QED) is 0.233. The van der Waals surface area contributed by atoms with Gasteiger partial charge >= 0.3 is 11.9 Å². The molecule has 0 aromatic heterocycles. The van der Waals surface area contributed by atoms with Crippen molar-refractivity contribution in [2.45, 2.75) is 11.8 Å². The first kappa shape index (κ1) is 23.4. The van der Waals surface area contributed by atoms with Gasteiger partial charge in [0.2, 0.25) is 0 Å². The summed E-state index contributed by atoms with van der Waals surface area (Å²) in [5.74, 6) is -4.51. The summed E-state index contributed by atoms with van der Waals surface area (Å²) in [5, 5.41) is 39.9. The second-order valence-corrected chi connectivity index (χ2v) is 9.48. The molecule has 0 unspecified atom stereocenters. The number of benzene rings is 4. The molecule has 0 fully saturated rings. The molecule has 4 aromatic carbocycles. The summed E-state index contributed by atoms with van der Waals surface area (Å²) in [6.07, 6.45) is 0. The molecule has 2 heterocycles. The van der Waals surface area contributed by atoms with Crippen molar-refractivity contribution < 1.29 is 39.5 Å². The predicted molar refractivity (Wildman–Crippen MR) is 134 cm³/mol. The van der Waals surface area contributed by atoms with E-state index in [0.717, 1.165) is 0 Å². The zero-order valence-corrected chi connectivity index (χ0v) is 19.8. The number of carbonyl (C=O) groups is 2. The molecule has 0 spiro atoms. The average molecular weight is 510 g/mol. The van der Waals surface area contributed by atoms with Gasteiger partial charge in [0.25, 0.3) is 0 Å². The van der Waals surface area contributed by atoms with Crippen molar-refractivity contribution in [3.63, 3.8) is 0 Å². The number of carbonyl (C=O) groups excluding carboxylic acids is 2. The number of phenolic OH excluding ortho intramolecular Hbond substituents is 4. The zero-order valence-electron chi connectivity index (χ0n) is 19.8. The number of phenols is 4. The van der Waals surface area contributed by atoms with Crippen molar-refractivity contribution >= 4 is 11.9 Å². The minimum absolute atomic E-state index is 0.0439. The molecule has 0 aliphatic carbocycles. The number of fused-ring (bicyclic) bond motifs is 2. The maximum absolute atomic E-state index is 13.7. The summed E-state index contributed by atoms with van der Waals surface area (Å²) in [6.45, 7) is 0. The molecule has 2 aliphatic heterocycles. The molecule has 2 aliphatic rings. The normalized spacial score (nSPS) is 22.1. The summed E-state index contributed by atoms with van der Waals surface area (Å²) >= 11 is 0. The summed E-state index contributed by atoms with van der Waals surface area (Å²) in [5.41, 5.74) is 2.49. The summed E-state index contributed by atoms with van der Waals surface area (Å²) in [7, 11) is 0. The lowest BCUT2D eigenvalue weighted by Gasteiger charge is -2.41. The highest BCUT2D eigenvalue weighted by Crippen LogP contribution is 2.53. The fourth-order valence-electron chi connectivity index (χ4n) is 5.59. The van der Waals surface area contributed by atoms with Crippen molar-refractivity contribution in [2.24, 2.45) is 11.8 Å². The van der Waals surface area contributed by atoms with Crippen molar-refractivity contribution in [1.82, 2.24) is 0 Å². The molecule has 6 rings (SSSR count). The second kappa shape index (κ2) is 8.85. The number of hydrogen-bond donors (Lipinski definition) is 4.